The first-order chi connectivity index (χ1) is 7.24. The molecular weight excluding hydrogens is 233 g/mol. The van der Waals surface area contributed by atoms with Gasteiger partial charge in [-0.2, -0.15) is 0 Å². The summed E-state index contributed by atoms with van der Waals surface area (Å²) in [6.07, 6.45) is 1.59. The van der Waals surface area contributed by atoms with Gasteiger partial charge in [0.2, 0.25) is 5.95 Å². The van der Waals surface area contributed by atoms with Gasteiger partial charge in [0.25, 0.3) is 0 Å². The van der Waals surface area contributed by atoms with Crippen molar-refractivity contribution < 1.29 is 0 Å². The first kappa shape index (κ1) is 10.2. The van der Waals surface area contributed by atoms with Gasteiger partial charge < -0.3 is 5.32 Å². The summed E-state index contributed by atoms with van der Waals surface area (Å²) in [5, 5.41) is 4.10. The van der Waals surface area contributed by atoms with Crippen LogP contribution in [0.25, 0.3) is 0 Å². The van der Waals surface area contributed by atoms with Gasteiger partial charge >= 0.3 is 0 Å². The van der Waals surface area contributed by atoms with Crippen LogP contribution in [0.4, 0.5) is 11.6 Å². The molecule has 1 aromatic heterocycles. The van der Waals surface area contributed by atoms with Gasteiger partial charge in [-0.15, -0.1) is 0 Å². The van der Waals surface area contributed by atoms with Crippen LogP contribution in [0.1, 0.15) is 0 Å². The van der Waals surface area contributed by atoms with E-state index in [-0.39, 0.29) is 0 Å². The van der Waals surface area contributed by atoms with E-state index in [4.69, 9.17) is 23.2 Å². The van der Waals surface area contributed by atoms with Gasteiger partial charge in [0.15, 0.2) is 0 Å². The molecule has 3 nitrogen and oxygen atoms in total. The van der Waals surface area contributed by atoms with Crippen molar-refractivity contribution in [2.75, 3.05) is 5.32 Å². The molecule has 0 atom stereocenters. The average Bonchev–Trinajstić information content (AvgIpc) is 2.22. The van der Waals surface area contributed by atoms with Gasteiger partial charge in [-0.3, -0.25) is 0 Å². The van der Waals surface area contributed by atoms with Crippen molar-refractivity contribution in [1.82, 2.24) is 9.97 Å². The average molecular weight is 240 g/mol. The molecule has 5 heteroatoms. The second kappa shape index (κ2) is 4.47. The number of rotatable bonds is 2. The Balaban J connectivity index is 2.18. The molecule has 1 aromatic carbocycles. The number of nitrogens with zero attached hydrogens (tertiary/aromatic N) is 2. The van der Waals surface area contributed by atoms with E-state index in [2.05, 4.69) is 15.3 Å². The lowest BCUT2D eigenvalue weighted by Crippen LogP contribution is -1.95. The number of aromatic nitrogens is 2. The largest absolute Gasteiger partial charge is 0.324 e. The van der Waals surface area contributed by atoms with Crippen LogP contribution in [-0.4, -0.2) is 9.97 Å². The molecule has 0 bridgehead atoms. The summed E-state index contributed by atoms with van der Waals surface area (Å²) in [6.45, 7) is 0. The summed E-state index contributed by atoms with van der Waals surface area (Å²) in [6, 6.07) is 8.87. The molecule has 1 N–H and O–H groups in total. The minimum atomic E-state index is 0.404. The Morgan fingerprint density at radius 2 is 1.73 bits per heavy atom. The second-order valence-corrected chi connectivity index (χ2v) is 3.66. The fraction of sp³-hybridized carbons (Fsp3) is 0. The van der Waals surface area contributed by atoms with Crippen molar-refractivity contribution >= 4 is 34.8 Å². The van der Waals surface area contributed by atoms with E-state index in [0.717, 1.165) is 5.69 Å². The fourth-order valence-corrected chi connectivity index (χ4v) is 1.32. The van der Waals surface area contributed by atoms with Crippen LogP contribution in [0.3, 0.4) is 0 Å². The van der Waals surface area contributed by atoms with E-state index < -0.39 is 0 Å². The SMILES string of the molecule is Clc1ccc(Nc2nccc(Cl)n2)cc1. The molecule has 76 valence electrons. The van der Waals surface area contributed by atoms with Crippen molar-refractivity contribution in [3.05, 3.63) is 46.7 Å². The molecule has 0 unspecified atom stereocenters. The third-order valence-electron chi connectivity index (χ3n) is 1.72. The molecule has 0 radical (unpaired) electrons. The topological polar surface area (TPSA) is 37.8 Å². The Bertz CT molecular complexity index is 456. The highest BCUT2D eigenvalue weighted by molar-refractivity contribution is 6.30. The summed E-state index contributed by atoms with van der Waals surface area (Å²) in [4.78, 5) is 8.02. The molecule has 1 heterocycles. The Hall–Kier alpha value is -1.32. The number of benzene rings is 1. The minimum absolute atomic E-state index is 0.404. The zero-order valence-electron chi connectivity index (χ0n) is 7.61. The zero-order chi connectivity index (χ0) is 10.7. The van der Waals surface area contributed by atoms with Gasteiger partial charge in [-0.05, 0) is 30.3 Å². The van der Waals surface area contributed by atoms with Crippen LogP contribution in [0.5, 0.6) is 0 Å². The van der Waals surface area contributed by atoms with E-state index in [0.29, 0.717) is 16.1 Å². The molecule has 2 rings (SSSR count). The normalized spacial score (nSPS) is 10.0. The van der Waals surface area contributed by atoms with Crippen LogP contribution in [0.15, 0.2) is 36.5 Å². The number of halogens is 2. The zero-order valence-corrected chi connectivity index (χ0v) is 9.13. The molecule has 2 aromatic rings. The lowest BCUT2D eigenvalue weighted by Gasteiger charge is -2.03. The first-order valence-electron chi connectivity index (χ1n) is 4.25. The minimum Gasteiger partial charge on any atom is -0.324 e. The maximum absolute atomic E-state index is 5.76. The van der Waals surface area contributed by atoms with Gasteiger partial charge in [-0.1, -0.05) is 23.2 Å². The first-order valence-corrected chi connectivity index (χ1v) is 5.01. The van der Waals surface area contributed by atoms with Crippen LogP contribution >= 0.6 is 23.2 Å². The van der Waals surface area contributed by atoms with E-state index in [9.17, 15) is 0 Å². The Morgan fingerprint density at radius 1 is 1.00 bits per heavy atom. The number of anilines is 2. The standard InChI is InChI=1S/C10H7Cl2N3/c11-7-1-3-8(4-2-7)14-10-13-6-5-9(12)15-10/h1-6H,(H,13,14,15). The van der Waals surface area contributed by atoms with Gasteiger partial charge in [0.05, 0.1) is 0 Å². The fourth-order valence-electron chi connectivity index (χ4n) is 1.06. The van der Waals surface area contributed by atoms with Gasteiger partial charge in [0.1, 0.15) is 5.15 Å². The lowest BCUT2D eigenvalue weighted by atomic mass is 10.3. The van der Waals surface area contributed by atoms with E-state index in [1.54, 1.807) is 24.4 Å². The molecule has 0 aliphatic rings. The molecule has 0 fully saturated rings. The summed E-state index contributed by atoms with van der Waals surface area (Å²) < 4.78 is 0. The van der Waals surface area contributed by atoms with Crippen molar-refractivity contribution in [3.63, 3.8) is 0 Å². The van der Waals surface area contributed by atoms with Crippen molar-refractivity contribution in [1.29, 1.82) is 0 Å². The smallest absolute Gasteiger partial charge is 0.228 e. The molecule has 0 spiro atoms. The van der Waals surface area contributed by atoms with Crippen LogP contribution in [0.2, 0.25) is 10.2 Å². The Kier molecular flexibility index (Phi) is 3.04. The third-order valence-corrected chi connectivity index (χ3v) is 2.18. The highest BCUT2D eigenvalue weighted by Crippen LogP contribution is 2.17. The maximum atomic E-state index is 5.76. The molecule has 15 heavy (non-hydrogen) atoms. The summed E-state index contributed by atoms with van der Waals surface area (Å²) >= 11 is 11.5. The molecule has 0 amide bonds. The monoisotopic (exact) mass is 239 g/mol. The predicted octanol–water partition coefficient (Wildman–Crippen LogP) is 3.53. The highest BCUT2D eigenvalue weighted by Gasteiger charge is 1.97. The van der Waals surface area contributed by atoms with Gasteiger partial charge in [-0.25, -0.2) is 9.97 Å². The summed E-state index contributed by atoms with van der Waals surface area (Å²) in [5.74, 6) is 0.463. The number of hydrogen-bond donors (Lipinski definition) is 1. The maximum Gasteiger partial charge on any atom is 0.228 e. The van der Waals surface area contributed by atoms with Crippen LogP contribution < -0.4 is 5.32 Å². The summed E-state index contributed by atoms with van der Waals surface area (Å²) in [7, 11) is 0. The Labute approximate surface area is 97.1 Å². The predicted molar refractivity (Wildman–Crippen MR) is 61.8 cm³/mol. The molecule has 0 saturated carbocycles. The van der Waals surface area contributed by atoms with Crippen LogP contribution in [0, 0.1) is 0 Å². The van der Waals surface area contributed by atoms with Crippen molar-refractivity contribution in [2.45, 2.75) is 0 Å². The van der Waals surface area contributed by atoms with Gasteiger partial charge in [0, 0.05) is 16.9 Å². The highest BCUT2D eigenvalue weighted by atomic mass is 35.5. The molecular formula is C10H7Cl2N3. The second-order valence-electron chi connectivity index (χ2n) is 2.83. The quantitative estimate of drug-likeness (QED) is 0.816. The molecule has 0 aliphatic carbocycles. The summed E-state index contributed by atoms with van der Waals surface area (Å²) in [5.41, 5.74) is 0.863. The van der Waals surface area contributed by atoms with Crippen LogP contribution in [-0.2, 0) is 0 Å². The van der Waals surface area contributed by atoms with E-state index in [1.807, 2.05) is 12.1 Å². The third kappa shape index (κ3) is 2.81. The van der Waals surface area contributed by atoms with E-state index >= 15 is 0 Å². The molecule has 0 saturated heterocycles. The Morgan fingerprint density at radius 3 is 2.40 bits per heavy atom. The lowest BCUT2D eigenvalue weighted by molar-refractivity contribution is 1.17. The van der Waals surface area contributed by atoms with Crippen molar-refractivity contribution in [2.24, 2.45) is 0 Å². The number of hydrogen-bond acceptors (Lipinski definition) is 3. The molecule has 0 aliphatic heterocycles. The van der Waals surface area contributed by atoms with Crippen molar-refractivity contribution in [3.8, 4) is 0 Å². The van der Waals surface area contributed by atoms with E-state index in [1.165, 1.54) is 0 Å². The number of nitrogens with one attached hydrogen (secondary N) is 1.